The minimum absolute atomic E-state index is 0.0507. The second-order valence-corrected chi connectivity index (χ2v) is 10.7. The molecule has 0 saturated carbocycles. The van der Waals surface area contributed by atoms with E-state index in [-0.39, 0.29) is 28.3 Å². The van der Waals surface area contributed by atoms with Crippen LogP contribution in [0, 0.1) is 0 Å². The average Bonchev–Trinajstić information content (AvgIpc) is 2.79. The molecule has 2 aliphatic heterocycles. The molecule has 1 atom stereocenters. The molecule has 3 rings (SSSR count). The Bertz CT molecular complexity index is 896. The van der Waals surface area contributed by atoms with Crippen LogP contribution in [0.15, 0.2) is 17.0 Å². The summed E-state index contributed by atoms with van der Waals surface area (Å²) in [6.45, 7) is 3.05. The number of nitrogens with one attached hydrogen (secondary N) is 1. The van der Waals surface area contributed by atoms with Crippen LogP contribution in [0.3, 0.4) is 0 Å². The van der Waals surface area contributed by atoms with Gasteiger partial charge in [-0.25, -0.2) is 8.42 Å². The highest BCUT2D eigenvalue weighted by Gasteiger charge is 2.30. The van der Waals surface area contributed by atoms with E-state index in [1.165, 1.54) is 30.7 Å². The highest BCUT2D eigenvalue weighted by Crippen LogP contribution is 2.36. The fourth-order valence-electron chi connectivity index (χ4n) is 4.49. The highest BCUT2D eigenvalue weighted by atomic mass is 35.5. The van der Waals surface area contributed by atoms with E-state index in [9.17, 15) is 13.2 Å². The van der Waals surface area contributed by atoms with E-state index in [4.69, 9.17) is 21.1 Å². The van der Waals surface area contributed by atoms with Gasteiger partial charge >= 0.3 is 0 Å². The van der Waals surface area contributed by atoms with Gasteiger partial charge in [0, 0.05) is 44.2 Å². The van der Waals surface area contributed by atoms with Crippen LogP contribution in [-0.2, 0) is 14.8 Å². The first kappa shape index (κ1) is 25.1. The number of hydrogen-bond acceptors (Lipinski definition) is 6. The Morgan fingerprint density at radius 3 is 2.41 bits per heavy atom. The van der Waals surface area contributed by atoms with Gasteiger partial charge in [-0.1, -0.05) is 18.0 Å². The molecule has 8 nitrogen and oxygen atoms in total. The zero-order valence-electron chi connectivity index (χ0n) is 18.9. The number of sulfonamides is 1. The van der Waals surface area contributed by atoms with Gasteiger partial charge in [0.2, 0.25) is 15.9 Å². The third kappa shape index (κ3) is 6.07. The molecule has 180 valence electrons. The predicted octanol–water partition coefficient (Wildman–Crippen LogP) is 2.89. The Morgan fingerprint density at radius 2 is 1.66 bits per heavy atom. The Morgan fingerprint density at radius 1 is 0.969 bits per heavy atom. The molecule has 0 aromatic heterocycles. The van der Waals surface area contributed by atoms with Crippen LogP contribution >= 0.6 is 11.6 Å². The average molecular weight is 488 g/mol. The molecule has 32 heavy (non-hydrogen) atoms. The number of hydrogen-bond donors (Lipinski definition) is 1. The minimum atomic E-state index is -3.83. The molecule has 10 heteroatoms. The molecule has 2 heterocycles. The minimum Gasteiger partial charge on any atom is -0.495 e. The van der Waals surface area contributed by atoms with Gasteiger partial charge in [-0.15, -0.1) is 0 Å². The summed E-state index contributed by atoms with van der Waals surface area (Å²) >= 11 is 6.18. The summed E-state index contributed by atoms with van der Waals surface area (Å²) in [5.41, 5.74) is 0. The molecule has 2 saturated heterocycles. The molecular weight excluding hydrogens is 454 g/mol. The lowest BCUT2D eigenvalue weighted by Crippen LogP contribution is -2.44. The normalized spacial score (nSPS) is 22.6. The first-order chi connectivity index (χ1) is 15.4. The number of benzene rings is 1. The van der Waals surface area contributed by atoms with Gasteiger partial charge in [0.1, 0.15) is 16.4 Å². The second kappa shape index (κ2) is 11.5. The smallest absolute Gasteiger partial charge is 0.246 e. The number of piperidine rings is 1. The number of methoxy groups -OCH3 is 2. The maximum atomic E-state index is 13.6. The van der Waals surface area contributed by atoms with Crippen molar-refractivity contribution < 1.29 is 22.7 Å². The van der Waals surface area contributed by atoms with Gasteiger partial charge in [-0.2, -0.15) is 4.31 Å². The maximum Gasteiger partial charge on any atom is 0.246 e. The third-order valence-corrected chi connectivity index (χ3v) is 8.45. The van der Waals surface area contributed by atoms with Crippen molar-refractivity contribution in [3.8, 4) is 11.5 Å². The Kier molecular flexibility index (Phi) is 9.04. The van der Waals surface area contributed by atoms with Gasteiger partial charge in [-0.05, 0) is 45.2 Å². The number of nitrogens with zero attached hydrogens (tertiary/aromatic N) is 2. The Labute approximate surface area is 196 Å². The summed E-state index contributed by atoms with van der Waals surface area (Å²) in [7, 11) is -0.950. The van der Waals surface area contributed by atoms with Crippen LogP contribution in [0.5, 0.6) is 11.5 Å². The summed E-state index contributed by atoms with van der Waals surface area (Å²) in [5, 5.41) is 3.29. The van der Waals surface area contributed by atoms with Gasteiger partial charge in [0.05, 0.1) is 19.2 Å². The van der Waals surface area contributed by atoms with Crippen LogP contribution in [0.4, 0.5) is 0 Å². The van der Waals surface area contributed by atoms with Crippen molar-refractivity contribution in [2.24, 2.45) is 0 Å². The number of carbonyl (C=O) groups is 1. The van der Waals surface area contributed by atoms with Crippen LogP contribution in [0.25, 0.3) is 0 Å². The molecule has 0 aliphatic carbocycles. The number of ether oxygens (including phenoxy) is 2. The fourth-order valence-corrected chi connectivity index (χ4v) is 6.39. The van der Waals surface area contributed by atoms with Crippen molar-refractivity contribution in [2.45, 2.75) is 55.9 Å². The lowest BCUT2D eigenvalue weighted by atomic mass is 9.98. The van der Waals surface area contributed by atoms with Crippen LogP contribution in [0.1, 0.15) is 44.9 Å². The van der Waals surface area contributed by atoms with E-state index in [2.05, 4.69) is 10.2 Å². The molecule has 1 amide bonds. The summed E-state index contributed by atoms with van der Waals surface area (Å²) in [6, 6.07) is 3.13. The number of rotatable bonds is 4. The highest BCUT2D eigenvalue weighted by molar-refractivity contribution is 7.89. The molecule has 2 aliphatic rings. The molecular formula is C22H34ClN3O5S. The number of halogens is 1. The van der Waals surface area contributed by atoms with Crippen molar-refractivity contribution in [3.05, 3.63) is 17.2 Å². The molecule has 1 N–H and O–H groups in total. The van der Waals surface area contributed by atoms with E-state index >= 15 is 0 Å². The molecule has 1 aromatic rings. The van der Waals surface area contributed by atoms with Gasteiger partial charge in [-0.3, -0.25) is 9.69 Å². The molecule has 1 unspecified atom stereocenters. The van der Waals surface area contributed by atoms with Crippen molar-refractivity contribution in [1.29, 1.82) is 0 Å². The zero-order chi connectivity index (χ0) is 23.1. The van der Waals surface area contributed by atoms with Crippen LogP contribution in [0.2, 0.25) is 5.02 Å². The largest absolute Gasteiger partial charge is 0.495 e. The zero-order valence-corrected chi connectivity index (χ0v) is 20.5. The van der Waals surface area contributed by atoms with E-state index in [1.54, 1.807) is 0 Å². The SMILES string of the molecule is COc1cc(S(=O)(=O)N2CCCCNC(=O)CC3CCCCN3CCC2)c(OC)cc1Cl. The lowest BCUT2D eigenvalue weighted by molar-refractivity contribution is -0.122. The van der Waals surface area contributed by atoms with Gasteiger partial charge in [0.25, 0.3) is 0 Å². The predicted molar refractivity (Wildman–Crippen MR) is 124 cm³/mol. The van der Waals surface area contributed by atoms with E-state index in [1.807, 2.05) is 0 Å². The number of fused-ring (bicyclic) bond motifs is 1. The summed E-state index contributed by atoms with van der Waals surface area (Å²) in [6.07, 6.45) is 5.84. The second-order valence-electron chi connectivity index (χ2n) is 8.34. The first-order valence-corrected chi connectivity index (χ1v) is 13.1. The Balaban J connectivity index is 1.84. The summed E-state index contributed by atoms with van der Waals surface area (Å²) in [5.74, 6) is 0.571. The maximum absolute atomic E-state index is 13.6. The van der Waals surface area contributed by atoms with Crippen molar-refractivity contribution in [1.82, 2.24) is 14.5 Å². The van der Waals surface area contributed by atoms with Crippen LogP contribution < -0.4 is 14.8 Å². The summed E-state index contributed by atoms with van der Waals surface area (Å²) in [4.78, 5) is 14.7. The molecule has 2 fully saturated rings. The van der Waals surface area contributed by atoms with E-state index in [0.29, 0.717) is 50.3 Å². The van der Waals surface area contributed by atoms with Gasteiger partial charge < -0.3 is 14.8 Å². The number of amides is 1. The number of carbonyl (C=O) groups excluding carboxylic acids is 1. The fraction of sp³-hybridized carbons (Fsp3) is 0.682. The standard InChI is InChI=1S/C22H34ClN3O5S/c1-30-19-16-21(20(31-2)15-18(19)23)32(28,29)26-12-6-4-9-24-22(27)14-17-8-3-5-10-25(17)11-7-13-26/h15-17H,3-14H2,1-2H3,(H,24,27). The van der Waals surface area contributed by atoms with Crippen LogP contribution in [-0.4, -0.2) is 76.5 Å². The molecule has 1 aromatic carbocycles. The first-order valence-electron chi connectivity index (χ1n) is 11.3. The molecule has 0 radical (unpaired) electrons. The monoisotopic (exact) mass is 487 g/mol. The molecule has 0 spiro atoms. The molecule has 0 bridgehead atoms. The van der Waals surface area contributed by atoms with Crippen molar-refractivity contribution in [3.63, 3.8) is 0 Å². The topological polar surface area (TPSA) is 88.2 Å². The quantitative estimate of drug-likeness (QED) is 0.702. The van der Waals surface area contributed by atoms with Crippen molar-refractivity contribution in [2.75, 3.05) is 46.9 Å². The lowest BCUT2D eigenvalue weighted by Gasteiger charge is -2.35. The Hall–Kier alpha value is -1.55. The van der Waals surface area contributed by atoms with Crippen molar-refractivity contribution >= 4 is 27.5 Å². The van der Waals surface area contributed by atoms with Gasteiger partial charge in [0.15, 0.2) is 0 Å². The summed E-state index contributed by atoms with van der Waals surface area (Å²) < 4.78 is 39.4. The third-order valence-electron chi connectivity index (χ3n) is 6.24. The van der Waals surface area contributed by atoms with E-state index in [0.717, 1.165) is 32.4 Å². The van der Waals surface area contributed by atoms with E-state index < -0.39 is 10.0 Å².